The van der Waals surface area contributed by atoms with Crippen molar-refractivity contribution in [1.82, 2.24) is 9.88 Å². The van der Waals surface area contributed by atoms with Gasteiger partial charge in [0.25, 0.3) is 5.91 Å². The third-order valence-electron chi connectivity index (χ3n) is 3.10. The van der Waals surface area contributed by atoms with Gasteiger partial charge in [-0.25, -0.2) is 10.8 Å². The van der Waals surface area contributed by atoms with E-state index in [0.29, 0.717) is 18.1 Å². The highest BCUT2D eigenvalue weighted by atomic mass is 16.3. The number of carbonyl (C=O) groups excluding carboxylic acids is 1. The summed E-state index contributed by atoms with van der Waals surface area (Å²) in [6, 6.07) is 5.16. The molecule has 0 aliphatic heterocycles. The van der Waals surface area contributed by atoms with E-state index >= 15 is 0 Å². The van der Waals surface area contributed by atoms with E-state index < -0.39 is 0 Å². The van der Waals surface area contributed by atoms with Crippen LogP contribution in [-0.4, -0.2) is 40.1 Å². The van der Waals surface area contributed by atoms with Crippen LogP contribution in [0.4, 0.5) is 5.82 Å². The molecule has 1 amide bonds. The molecular formula is C13H22N4O2. The average Bonchev–Trinajstić information content (AvgIpc) is 2.47. The lowest BCUT2D eigenvalue weighted by Crippen LogP contribution is -2.42. The predicted octanol–water partition coefficient (Wildman–Crippen LogP) is 0.990. The Balaban J connectivity index is 2.97. The first-order valence-electron chi connectivity index (χ1n) is 6.53. The molecule has 0 saturated heterocycles. The van der Waals surface area contributed by atoms with Crippen LogP contribution in [0.1, 0.15) is 37.2 Å². The Morgan fingerprint density at radius 3 is 2.68 bits per heavy atom. The van der Waals surface area contributed by atoms with Crippen molar-refractivity contribution in [3.8, 4) is 0 Å². The molecule has 6 heteroatoms. The monoisotopic (exact) mass is 266 g/mol. The number of nitrogen functional groups attached to an aromatic ring is 1. The molecule has 0 radical (unpaired) electrons. The molecule has 0 aromatic carbocycles. The Labute approximate surface area is 113 Å². The smallest absolute Gasteiger partial charge is 0.272 e. The fourth-order valence-electron chi connectivity index (χ4n) is 2.07. The van der Waals surface area contributed by atoms with Gasteiger partial charge in [0.1, 0.15) is 11.5 Å². The predicted molar refractivity (Wildman–Crippen MR) is 74.5 cm³/mol. The fraction of sp³-hybridized carbons (Fsp3) is 0.538. The standard InChI is InChI=1S/C13H22N4O2/c1-3-10(4-2)17(8-9-18)13(19)11-6-5-7-12(15-11)16-14/h5-7,10,18H,3-4,8-9,14H2,1-2H3,(H,15,16). The van der Waals surface area contributed by atoms with Gasteiger partial charge in [-0.1, -0.05) is 19.9 Å². The van der Waals surface area contributed by atoms with Gasteiger partial charge in [-0.3, -0.25) is 4.79 Å². The van der Waals surface area contributed by atoms with Crippen molar-refractivity contribution in [2.24, 2.45) is 5.84 Å². The van der Waals surface area contributed by atoms with E-state index in [0.717, 1.165) is 12.8 Å². The third kappa shape index (κ3) is 3.90. The number of nitrogens with two attached hydrogens (primary N) is 1. The Hall–Kier alpha value is -1.66. The van der Waals surface area contributed by atoms with E-state index in [4.69, 9.17) is 10.9 Å². The van der Waals surface area contributed by atoms with Crippen molar-refractivity contribution in [3.05, 3.63) is 23.9 Å². The Morgan fingerprint density at radius 1 is 1.47 bits per heavy atom. The minimum absolute atomic E-state index is 0.0585. The first-order chi connectivity index (χ1) is 9.17. The molecule has 0 bridgehead atoms. The first-order valence-corrected chi connectivity index (χ1v) is 6.53. The van der Waals surface area contributed by atoms with E-state index in [1.807, 2.05) is 13.8 Å². The zero-order valence-corrected chi connectivity index (χ0v) is 11.5. The molecule has 0 saturated carbocycles. The van der Waals surface area contributed by atoms with Gasteiger partial charge in [0.2, 0.25) is 0 Å². The summed E-state index contributed by atoms with van der Waals surface area (Å²) in [6.07, 6.45) is 1.69. The number of hydrogen-bond donors (Lipinski definition) is 3. The molecule has 0 fully saturated rings. The summed E-state index contributed by atoms with van der Waals surface area (Å²) in [6.45, 7) is 4.30. The highest BCUT2D eigenvalue weighted by Gasteiger charge is 2.22. The minimum Gasteiger partial charge on any atom is -0.395 e. The summed E-state index contributed by atoms with van der Waals surface area (Å²) < 4.78 is 0. The second-order valence-corrected chi connectivity index (χ2v) is 4.24. The highest BCUT2D eigenvalue weighted by molar-refractivity contribution is 5.92. The van der Waals surface area contributed by atoms with Crippen LogP contribution in [0.25, 0.3) is 0 Å². The molecule has 0 atom stereocenters. The van der Waals surface area contributed by atoms with E-state index in [2.05, 4.69) is 10.4 Å². The van der Waals surface area contributed by atoms with Crippen molar-refractivity contribution >= 4 is 11.7 Å². The van der Waals surface area contributed by atoms with Gasteiger partial charge >= 0.3 is 0 Å². The maximum atomic E-state index is 12.4. The molecule has 1 aromatic rings. The van der Waals surface area contributed by atoms with Crippen LogP contribution in [-0.2, 0) is 0 Å². The van der Waals surface area contributed by atoms with Crippen molar-refractivity contribution in [2.45, 2.75) is 32.7 Å². The Morgan fingerprint density at radius 2 is 2.16 bits per heavy atom. The van der Waals surface area contributed by atoms with Crippen LogP contribution in [0.2, 0.25) is 0 Å². The van der Waals surface area contributed by atoms with Gasteiger partial charge in [0.15, 0.2) is 0 Å². The van der Waals surface area contributed by atoms with Crippen LogP contribution >= 0.6 is 0 Å². The van der Waals surface area contributed by atoms with Crippen LogP contribution in [0.5, 0.6) is 0 Å². The zero-order chi connectivity index (χ0) is 14.3. The lowest BCUT2D eigenvalue weighted by atomic mass is 10.1. The summed E-state index contributed by atoms with van der Waals surface area (Å²) in [5.41, 5.74) is 2.75. The summed E-state index contributed by atoms with van der Waals surface area (Å²) >= 11 is 0. The zero-order valence-electron chi connectivity index (χ0n) is 11.5. The number of anilines is 1. The van der Waals surface area contributed by atoms with Gasteiger partial charge in [-0.15, -0.1) is 0 Å². The number of hydrogen-bond acceptors (Lipinski definition) is 5. The molecule has 0 aliphatic carbocycles. The SMILES string of the molecule is CCC(CC)N(CCO)C(=O)c1cccc(NN)n1. The van der Waals surface area contributed by atoms with E-state index in [1.165, 1.54) is 0 Å². The number of aliphatic hydroxyl groups is 1. The number of hydrazine groups is 1. The highest BCUT2D eigenvalue weighted by Crippen LogP contribution is 2.13. The van der Waals surface area contributed by atoms with Gasteiger partial charge in [-0.05, 0) is 25.0 Å². The second kappa shape index (κ2) is 7.70. The maximum Gasteiger partial charge on any atom is 0.272 e. The number of pyridine rings is 1. The number of aliphatic hydroxyl groups excluding tert-OH is 1. The molecule has 0 spiro atoms. The summed E-state index contributed by atoms with van der Waals surface area (Å²) in [4.78, 5) is 18.3. The third-order valence-corrected chi connectivity index (χ3v) is 3.10. The second-order valence-electron chi connectivity index (χ2n) is 4.24. The molecule has 1 heterocycles. The van der Waals surface area contributed by atoms with Gasteiger partial charge in [-0.2, -0.15) is 0 Å². The van der Waals surface area contributed by atoms with E-state index in [-0.39, 0.29) is 18.6 Å². The molecule has 1 rings (SSSR count). The Kier molecular flexibility index (Phi) is 6.24. The number of nitrogens with one attached hydrogen (secondary N) is 1. The van der Waals surface area contributed by atoms with Crippen LogP contribution in [0.15, 0.2) is 18.2 Å². The normalized spacial score (nSPS) is 10.6. The summed E-state index contributed by atoms with van der Waals surface area (Å²) in [5.74, 6) is 5.55. The number of amides is 1. The van der Waals surface area contributed by atoms with Crippen molar-refractivity contribution in [1.29, 1.82) is 0 Å². The summed E-state index contributed by atoms with van der Waals surface area (Å²) in [5, 5.41) is 9.13. The average molecular weight is 266 g/mol. The van der Waals surface area contributed by atoms with Crippen molar-refractivity contribution < 1.29 is 9.90 Å². The van der Waals surface area contributed by atoms with Gasteiger partial charge < -0.3 is 15.4 Å². The quantitative estimate of drug-likeness (QED) is 0.505. The topological polar surface area (TPSA) is 91.5 Å². The van der Waals surface area contributed by atoms with Crippen LogP contribution in [0, 0.1) is 0 Å². The lowest BCUT2D eigenvalue weighted by Gasteiger charge is -2.29. The number of rotatable bonds is 7. The molecule has 6 nitrogen and oxygen atoms in total. The van der Waals surface area contributed by atoms with Gasteiger partial charge in [0, 0.05) is 12.6 Å². The van der Waals surface area contributed by atoms with Gasteiger partial charge in [0.05, 0.1) is 6.61 Å². The Bertz CT molecular complexity index is 407. The minimum atomic E-state index is -0.181. The van der Waals surface area contributed by atoms with Crippen LogP contribution < -0.4 is 11.3 Å². The molecule has 0 aliphatic rings. The molecule has 1 aromatic heterocycles. The largest absolute Gasteiger partial charge is 0.395 e. The fourth-order valence-corrected chi connectivity index (χ4v) is 2.07. The van der Waals surface area contributed by atoms with Crippen molar-refractivity contribution in [2.75, 3.05) is 18.6 Å². The maximum absolute atomic E-state index is 12.4. The lowest BCUT2D eigenvalue weighted by molar-refractivity contribution is 0.0616. The molecule has 106 valence electrons. The van der Waals surface area contributed by atoms with E-state index in [9.17, 15) is 4.79 Å². The van der Waals surface area contributed by atoms with E-state index in [1.54, 1.807) is 23.1 Å². The number of carbonyl (C=O) groups is 1. The number of aromatic nitrogens is 1. The summed E-state index contributed by atoms with van der Waals surface area (Å²) in [7, 11) is 0. The molecule has 19 heavy (non-hydrogen) atoms. The van der Waals surface area contributed by atoms with Crippen molar-refractivity contribution in [3.63, 3.8) is 0 Å². The first kappa shape index (κ1) is 15.4. The molecule has 0 unspecified atom stereocenters. The number of nitrogens with zero attached hydrogens (tertiary/aromatic N) is 2. The van der Waals surface area contributed by atoms with Crippen LogP contribution in [0.3, 0.4) is 0 Å². The molecule has 4 N–H and O–H groups in total. The molecular weight excluding hydrogens is 244 g/mol.